The summed E-state index contributed by atoms with van der Waals surface area (Å²) in [5, 5.41) is 2.75. The molecule has 0 atom stereocenters. The van der Waals surface area contributed by atoms with Crippen LogP contribution in [0.1, 0.15) is 6.42 Å². The minimum atomic E-state index is -3.60. The van der Waals surface area contributed by atoms with Crippen molar-refractivity contribution in [2.24, 2.45) is 0 Å². The van der Waals surface area contributed by atoms with Gasteiger partial charge in [0.1, 0.15) is 17.1 Å². The van der Waals surface area contributed by atoms with Crippen LogP contribution < -0.4 is 10.1 Å². The summed E-state index contributed by atoms with van der Waals surface area (Å²) in [7, 11) is -2.11. The molecule has 0 bridgehead atoms. The Balaban J connectivity index is 1.64. The van der Waals surface area contributed by atoms with E-state index in [-0.39, 0.29) is 27.7 Å². The van der Waals surface area contributed by atoms with Crippen molar-refractivity contribution < 1.29 is 22.3 Å². The number of sulfone groups is 1. The molecule has 0 spiro atoms. The first-order valence-corrected chi connectivity index (χ1v) is 10.1. The number of aromatic nitrogens is 1. The molecule has 136 valence electrons. The number of hydrogen-bond acceptors (Lipinski definition) is 6. The second kappa shape index (κ2) is 7.38. The molecule has 0 aliphatic heterocycles. The molecule has 0 saturated carbocycles. The monoisotopic (exact) mass is 394 g/mol. The molecule has 2 aromatic carbocycles. The zero-order valence-electron chi connectivity index (χ0n) is 13.7. The van der Waals surface area contributed by atoms with Crippen LogP contribution in [-0.4, -0.2) is 32.2 Å². The van der Waals surface area contributed by atoms with Crippen LogP contribution >= 0.6 is 11.3 Å². The summed E-state index contributed by atoms with van der Waals surface area (Å²) in [5.41, 5.74) is 0.179. The number of ether oxygens (including phenoxy) is 1. The van der Waals surface area contributed by atoms with Crippen molar-refractivity contribution in [2.45, 2.75) is 11.3 Å². The number of nitrogens with one attached hydrogen (secondary N) is 1. The van der Waals surface area contributed by atoms with Crippen LogP contribution in [0.3, 0.4) is 0 Å². The van der Waals surface area contributed by atoms with Crippen LogP contribution in [0.25, 0.3) is 10.2 Å². The molecule has 0 fully saturated rings. The third-order valence-corrected chi connectivity index (χ3v) is 6.30. The summed E-state index contributed by atoms with van der Waals surface area (Å²) in [5.74, 6) is -0.766. The molecule has 0 unspecified atom stereocenters. The van der Waals surface area contributed by atoms with Gasteiger partial charge in [-0.25, -0.2) is 17.8 Å². The Morgan fingerprint density at radius 1 is 1.23 bits per heavy atom. The number of amides is 1. The van der Waals surface area contributed by atoms with E-state index in [1.807, 2.05) is 0 Å². The number of para-hydroxylation sites is 1. The first-order chi connectivity index (χ1) is 12.4. The highest BCUT2D eigenvalue weighted by molar-refractivity contribution is 7.91. The number of thiazole rings is 1. The number of fused-ring (bicyclic) bond motifs is 1. The van der Waals surface area contributed by atoms with Crippen molar-refractivity contribution in [3.63, 3.8) is 0 Å². The van der Waals surface area contributed by atoms with Gasteiger partial charge < -0.3 is 10.1 Å². The highest BCUT2D eigenvalue weighted by Crippen LogP contribution is 2.27. The van der Waals surface area contributed by atoms with Crippen LogP contribution in [0.5, 0.6) is 5.75 Å². The largest absolute Gasteiger partial charge is 0.497 e. The fourth-order valence-corrected chi connectivity index (χ4v) is 4.42. The molecule has 26 heavy (non-hydrogen) atoms. The lowest BCUT2D eigenvalue weighted by molar-refractivity contribution is -0.115. The number of carbonyl (C=O) groups excluding carboxylic acids is 1. The van der Waals surface area contributed by atoms with E-state index >= 15 is 0 Å². The van der Waals surface area contributed by atoms with Gasteiger partial charge in [0.2, 0.25) is 5.91 Å². The second-order valence-corrected chi connectivity index (χ2v) is 8.54. The van der Waals surface area contributed by atoms with Crippen LogP contribution in [0, 0.1) is 5.82 Å². The number of methoxy groups -OCH3 is 1. The molecular formula is C17H15FN2O4S2. The van der Waals surface area contributed by atoms with Gasteiger partial charge in [-0.05, 0) is 36.4 Å². The summed E-state index contributed by atoms with van der Waals surface area (Å²) in [4.78, 5) is 16.2. The first-order valence-electron chi connectivity index (χ1n) is 7.61. The maximum atomic E-state index is 13.6. The number of halogens is 1. The van der Waals surface area contributed by atoms with Gasteiger partial charge in [-0.3, -0.25) is 4.79 Å². The summed E-state index contributed by atoms with van der Waals surface area (Å²) in [6.45, 7) is 0. The molecule has 1 amide bonds. The molecule has 9 heteroatoms. The molecule has 0 radical (unpaired) electrons. The molecule has 1 aromatic heterocycles. The minimum absolute atomic E-state index is 0.119. The SMILES string of the molecule is COc1ccc(S(=O)(=O)CCC(=O)Nc2nc3c(F)cccc3s2)cc1. The fraction of sp³-hybridized carbons (Fsp3) is 0.176. The van der Waals surface area contributed by atoms with Crippen molar-refractivity contribution in [1.82, 2.24) is 4.98 Å². The standard InChI is InChI=1S/C17H15FN2O4S2/c1-24-11-5-7-12(8-6-11)26(22,23)10-9-15(21)19-17-20-16-13(18)3-2-4-14(16)25-17/h2-8H,9-10H2,1H3,(H,19,20,21). The Morgan fingerprint density at radius 2 is 1.96 bits per heavy atom. The molecule has 3 aromatic rings. The number of rotatable bonds is 6. The van der Waals surface area contributed by atoms with E-state index in [9.17, 15) is 17.6 Å². The van der Waals surface area contributed by atoms with E-state index in [1.54, 1.807) is 24.3 Å². The Kier molecular flexibility index (Phi) is 5.19. The average molecular weight is 394 g/mol. The predicted octanol–water partition coefficient (Wildman–Crippen LogP) is 3.25. The molecule has 0 aliphatic rings. The maximum absolute atomic E-state index is 13.6. The molecule has 1 heterocycles. The average Bonchev–Trinajstić information content (AvgIpc) is 3.04. The number of benzene rings is 2. The molecule has 3 rings (SSSR count). The lowest BCUT2D eigenvalue weighted by atomic mass is 10.3. The third kappa shape index (κ3) is 4.00. The molecule has 0 saturated heterocycles. The fourth-order valence-electron chi connectivity index (χ4n) is 2.28. The van der Waals surface area contributed by atoms with E-state index < -0.39 is 21.6 Å². The summed E-state index contributed by atoms with van der Waals surface area (Å²) in [6.07, 6.45) is -0.229. The van der Waals surface area contributed by atoms with Crippen LogP contribution in [0.2, 0.25) is 0 Å². The highest BCUT2D eigenvalue weighted by atomic mass is 32.2. The number of hydrogen-bond donors (Lipinski definition) is 1. The Bertz CT molecular complexity index is 1050. The van der Waals surface area contributed by atoms with E-state index in [0.29, 0.717) is 10.4 Å². The van der Waals surface area contributed by atoms with E-state index in [2.05, 4.69) is 10.3 Å². The second-order valence-electron chi connectivity index (χ2n) is 5.40. The van der Waals surface area contributed by atoms with E-state index in [1.165, 1.54) is 25.3 Å². The lowest BCUT2D eigenvalue weighted by Crippen LogP contribution is -2.17. The van der Waals surface area contributed by atoms with Crippen molar-refractivity contribution >= 4 is 42.4 Å². The summed E-state index contributed by atoms with van der Waals surface area (Å²) in [6, 6.07) is 10.5. The van der Waals surface area contributed by atoms with Crippen molar-refractivity contribution in [1.29, 1.82) is 0 Å². The van der Waals surface area contributed by atoms with E-state index in [0.717, 1.165) is 11.3 Å². The zero-order chi connectivity index (χ0) is 18.7. The molecular weight excluding hydrogens is 379 g/mol. The van der Waals surface area contributed by atoms with Crippen LogP contribution in [0.15, 0.2) is 47.4 Å². The number of nitrogens with zero attached hydrogens (tertiary/aromatic N) is 1. The molecule has 0 aliphatic carbocycles. The van der Waals surface area contributed by atoms with Gasteiger partial charge in [-0.1, -0.05) is 17.4 Å². The normalized spacial score (nSPS) is 11.5. The minimum Gasteiger partial charge on any atom is -0.497 e. The van der Waals surface area contributed by atoms with Gasteiger partial charge in [-0.15, -0.1) is 0 Å². The Morgan fingerprint density at radius 3 is 2.62 bits per heavy atom. The Labute approximate surface area is 153 Å². The topological polar surface area (TPSA) is 85.4 Å². The lowest BCUT2D eigenvalue weighted by Gasteiger charge is -2.06. The van der Waals surface area contributed by atoms with Gasteiger partial charge >= 0.3 is 0 Å². The van der Waals surface area contributed by atoms with Crippen LogP contribution in [-0.2, 0) is 14.6 Å². The summed E-state index contributed by atoms with van der Waals surface area (Å²) >= 11 is 1.13. The molecule has 6 nitrogen and oxygen atoms in total. The van der Waals surface area contributed by atoms with Crippen molar-refractivity contribution in [2.75, 3.05) is 18.2 Å². The smallest absolute Gasteiger partial charge is 0.227 e. The molecule has 1 N–H and O–H groups in total. The van der Waals surface area contributed by atoms with Crippen LogP contribution in [0.4, 0.5) is 9.52 Å². The third-order valence-electron chi connectivity index (χ3n) is 3.63. The van der Waals surface area contributed by atoms with Gasteiger partial charge in [-0.2, -0.15) is 0 Å². The van der Waals surface area contributed by atoms with Gasteiger partial charge in [0.05, 0.1) is 22.5 Å². The predicted molar refractivity (Wildman–Crippen MR) is 97.9 cm³/mol. The van der Waals surface area contributed by atoms with Crippen molar-refractivity contribution in [3.8, 4) is 5.75 Å². The van der Waals surface area contributed by atoms with Gasteiger partial charge in [0.25, 0.3) is 0 Å². The number of carbonyl (C=O) groups is 1. The van der Waals surface area contributed by atoms with Gasteiger partial charge in [0.15, 0.2) is 15.0 Å². The first kappa shape index (κ1) is 18.3. The highest BCUT2D eigenvalue weighted by Gasteiger charge is 2.17. The van der Waals surface area contributed by atoms with E-state index in [4.69, 9.17) is 4.74 Å². The maximum Gasteiger partial charge on any atom is 0.227 e. The van der Waals surface area contributed by atoms with Crippen molar-refractivity contribution in [3.05, 3.63) is 48.3 Å². The van der Waals surface area contributed by atoms with Gasteiger partial charge in [0, 0.05) is 6.42 Å². The zero-order valence-corrected chi connectivity index (χ0v) is 15.4. The summed E-state index contributed by atoms with van der Waals surface area (Å²) < 4.78 is 43.8. The quantitative estimate of drug-likeness (QED) is 0.694. The Hall–Kier alpha value is -2.52. The number of anilines is 1.